The van der Waals surface area contributed by atoms with Crippen LogP contribution in [0.1, 0.15) is 5.56 Å². The Morgan fingerprint density at radius 1 is 0.677 bits per heavy atom. The van der Waals surface area contributed by atoms with Crippen LogP contribution in [-0.2, 0) is 17.1 Å². The van der Waals surface area contributed by atoms with Crippen molar-refractivity contribution in [1.29, 1.82) is 0 Å². The molecule has 6 rings (SSSR count). The van der Waals surface area contributed by atoms with Gasteiger partial charge in [-0.25, -0.2) is 0 Å². The van der Waals surface area contributed by atoms with E-state index in [4.69, 9.17) is 0 Å². The van der Waals surface area contributed by atoms with Crippen molar-refractivity contribution in [1.82, 2.24) is 0 Å². The first kappa shape index (κ1) is 25.1. The van der Waals surface area contributed by atoms with E-state index < -0.39 is 0 Å². The normalized spacial score (nSPS) is 20.0. The molecule has 2 aromatic rings. The van der Waals surface area contributed by atoms with Gasteiger partial charge in [-0.15, -0.1) is 82.7 Å². The first-order valence-corrected chi connectivity index (χ1v) is 16.6. The summed E-state index contributed by atoms with van der Waals surface area (Å²) in [5.74, 6) is 4.98. The van der Waals surface area contributed by atoms with Crippen molar-refractivity contribution in [2.24, 2.45) is 0 Å². The maximum atomic E-state index is 2.44. The van der Waals surface area contributed by atoms with Crippen LogP contribution in [0.3, 0.4) is 0 Å². The minimum Gasteiger partial charge on any atom is -0.748 e. The summed E-state index contributed by atoms with van der Waals surface area (Å²) in [5, 5.41) is 0. The summed E-state index contributed by atoms with van der Waals surface area (Å²) >= 11 is 16.0. The molecule has 31 heavy (non-hydrogen) atoms. The van der Waals surface area contributed by atoms with Crippen LogP contribution in [-0.4, -0.2) is 23.0 Å². The molecule has 9 heteroatoms. The molecule has 0 aromatic heterocycles. The molecule has 0 bridgehead atoms. The van der Waals surface area contributed by atoms with Crippen LogP contribution < -0.4 is 0 Å². The SMILES string of the molecule is C(=C1SC2=C(SCCS2)S1)C(=C1SC2=C(SCCS2)S1)[c-]1cccc1.[Fe].[cH-]1[cH-][cH-][cH-][cH-]1. The fourth-order valence-electron chi connectivity index (χ4n) is 2.87. The van der Waals surface area contributed by atoms with E-state index >= 15 is 0 Å². The van der Waals surface area contributed by atoms with Gasteiger partial charge < -0.3 is 30.3 Å². The van der Waals surface area contributed by atoms with E-state index in [1.54, 1.807) is 0 Å². The molecular formula is C22H18FeS8-6. The molecule has 0 saturated carbocycles. The van der Waals surface area contributed by atoms with Crippen LogP contribution in [0.5, 0.6) is 0 Å². The molecule has 0 aliphatic carbocycles. The van der Waals surface area contributed by atoms with Crippen molar-refractivity contribution in [3.63, 3.8) is 0 Å². The average molecular weight is 595 g/mol. The van der Waals surface area contributed by atoms with Crippen molar-refractivity contribution in [3.05, 3.63) is 91.7 Å². The largest absolute Gasteiger partial charge is 0.748 e. The monoisotopic (exact) mass is 594 g/mol. The van der Waals surface area contributed by atoms with Crippen molar-refractivity contribution < 1.29 is 17.1 Å². The van der Waals surface area contributed by atoms with Crippen LogP contribution >= 0.6 is 94.1 Å². The van der Waals surface area contributed by atoms with E-state index in [1.807, 2.05) is 124 Å². The van der Waals surface area contributed by atoms with E-state index in [2.05, 4.69) is 30.3 Å². The summed E-state index contributed by atoms with van der Waals surface area (Å²) in [5.41, 5.74) is 2.75. The summed E-state index contributed by atoms with van der Waals surface area (Å²) < 4.78 is 8.98. The maximum absolute atomic E-state index is 2.44. The van der Waals surface area contributed by atoms with Crippen LogP contribution in [0.2, 0.25) is 0 Å². The van der Waals surface area contributed by atoms with E-state index in [9.17, 15) is 0 Å². The second kappa shape index (κ2) is 12.6. The van der Waals surface area contributed by atoms with Gasteiger partial charge in [0.1, 0.15) is 0 Å². The molecule has 0 N–H and O–H groups in total. The van der Waals surface area contributed by atoms with Gasteiger partial charge >= 0.3 is 0 Å². The van der Waals surface area contributed by atoms with Crippen LogP contribution in [0.15, 0.2) is 86.1 Å². The molecule has 0 unspecified atom stereocenters. The topological polar surface area (TPSA) is 0 Å². The third-order valence-electron chi connectivity index (χ3n) is 4.20. The van der Waals surface area contributed by atoms with Gasteiger partial charge in [-0.1, -0.05) is 40.7 Å². The zero-order chi connectivity index (χ0) is 20.2. The van der Waals surface area contributed by atoms with E-state index in [-0.39, 0.29) is 17.1 Å². The van der Waals surface area contributed by atoms with Gasteiger partial charge in [0.2, 0.25) is 0 Å². The Labute approximate surface area is 229 Å². The molecule has 0 saturated heterocycles. The van der Waals surface area contributed by atoms with Gasteiger partial charge in [-0.3, -0.25) is 0 Å². The number of allylic oxidation sites excluding steroid dienone is 2. The summed E-state index contributed by atoms with van der Waals surface area (Å²) in [7, 11) is 0. The minimum atomic E-state index is 0. The fraction of sp³-hybridized carbons (Fsp3) is 0.182. The van der Waals surface area contributed by atoms with Crippen molar-refractivity contribution in [3.8, 4) is 0 Å². The minimum absolute atomic E-state index is 0. The summed E-state index contributed by atoms with van der Waals surface area (Å²) in [6.45, 7) is 0. The number of hydrogen-bond acceptors (Lipinski definition) is 8. The Kier molecular flexibility index (Phi) is 10.2. The molecule has 4 heterocycles. The predicted octanol–water partition coefficient (Wildman–Crippen LogP) is 9.49. The fourth-order valence-corrected chi connectivity index (χ4v) is 14.7. The van der Waals surface area contributed by atoms with Gasteiger partial charge in [0, 0.05) is 44.3 Å². The molecule has 0 fully saturated rings. The van der Waals surface area contributed by atoms with E-state index in [0.717, 1.165) is 0 Å². The molecule has 0 radical (unpaired) electrons. The Balaban J connectivity index is 0.000000342. The molecule has 0 atom stereocenters. The molecule has 2 aromatic carbocycles. The Hall–Kier alpha value is 0.979. The van der Waals surface area contributed by atoms with Crippen molar-refractivity contribution in [2.45, 2.75) is 0 Å². The third kappa shape index (κ3) is 6.56. The molecular weight excluding hydrogens is 577 g/mol. The number of thioether (sulfide) groups is 8. The first-order chi connectivity index (χ1) is 14.9. The number of rotatable bonds is 2. The van der Waals surface area contributed by atoms with Crippen molar-refractivity contribution >= 4 is 99.7 Å². The summed E-state index contributed by atoms with van der Waals surface area (Å²) in [4.78, 5) is 0. The van der Waals surface area contributed by atoms with Gasteiger partial charge in [-0.05, 0) is 4.24 Å². The Morgan fingerprint density at radius 2 is 1.10 bits per heavy atom. The molecule has 168 valence electrons. The predicted molar refractivity (Wildman–Crippen MR) is 153 cm³/mol. The summed E-state index contributed by atoms with van der Waals surface area (Å²) in [6.07, 6.45) is 2.44. The molecule has 0 spiro atoms. The standard InChI is InChI=1S/C17H13S8.C5H5.Fe/c1-2-4-10(3-1)11(13-24-16-17(25-13)21-8-7-20-16)9-12-22-14-15(23-12)19-6-5-18-14;1-2-4-5-3-1;/h1-4,9H,5-8H2;1-5H;/q-1;-5;. The molecule has 4 aliphatic heterocycles. The zero-order valence-corrected chi connectivity index (χ0v) is 23.9. The average Bonchev–Trinajstić information content (AvgIpc) is 3.57. The molecule has 0 amide bonds. The quantitative estimate of drug-likeness (QED) is 0.246. The van der Waals surface area contributed by atoms with Crippen LogP contribution in [0, 0.1) is 0 Å². The second-order valence-electron chi connectivity index (χ2n) is 6.25. The van der Waals surface area contributed by atoms with Crippen LogP contribution in [0.4, 0.5) is 0 Å². The molecule has 0 nitrogen and oxygen atoms in total. The van der Waals surface area contributed by atoms with E-state index in [1.165, 1.54) is 59.6 Å². The third-order valence-corrected chi connectivity index (χ3v) is 15.7. The van der Waals surface area contributed by atoms with E-state index in [0.29, 0.717) is 0 Å². The van der Waals surface area contributed by atoms with Gasteiger partial charge in [-0.2, -0.15) is 12.1 Å². The summed E-state index contributed by atoms with van der Waals surface area (Å²) in [6, 6.07) is 18.8. The first-order valence-electron chi connectivity index (χ1n) is 9.43. The van der Waals surface area contributed by atoms with Crippen molar-refractivity contribution in [2.75, 3.05) is 23.0 Å². The van der Waals surface area contributed by atoms with Gasteiger partial charge in [0.25, 0.3) is 0 Å². The Bertz CT molecular complexity index is 941. The smallest absolute Gasteiger partial charge is 0.0653 e. The van der Waals surface area contributed by atoms with Gasteiger partial charge in [0.05, 0.1) is 16.9 Å². The Morgan fingerprint density at radius 3 is 1.55 bits per heavy atom. The second-order valence-corrected chi connectivity index (χ2v) is 16.4. The van der Waals surface area contributed by atoms with Gasteiger partial charge in [0.15, 0.2) is 0 Å². The van der Waals surface area contributed by atoms with Crippen LogP contribution in [0.25, 0.3) is 5.57 Å². The zero-order valence-electron chi connectivity index (χ0n) is 16.2. The maximum Gasteiger partial charge on any atom is 0.0653 e. The number of hydrogen-bond donors (Lipinski definition) is 0. The molecule has 4 aliphatic rings.